The van der Waals surface area contributed by atoms with Crippen LogP contribution in [0.3, 0.4) is 0 Å². The molecule has 4 nitrogen and oxygen atoms in total. The van der Waals surface area contributed by atoms with Gasteiger partial charge < -0.3 is 5.32 Å². The van der Waals surface area contributed by atoms with E-state index >= 15 is 0 Å². The van der Waals surface area contributed by atoms with Crippen molar-refractivity contribution >= 4 is 22.2 Å². The molecule has 0 radical (unpaired) electrons. The summed E-state index contributed by atoms with van der Waals surface area (Å²) in [6.07, 6.45) is 1.78. The van der Waals surface area contributed by atoms with Crippen molar-refractivity contribution in [3.63, 3.8) is 0 Å². The molecule has 4 aromatic rings. The molecule has 1 N–H and O–H groups in total. The van der Waals surface area contributed by atoms with E-state index in [-0.39, 0.29) is 18.1 Å². The minimum Gasteiger partial charge on any atom is -0.347 e. The van der Waals surface area contributed by atoms with Gasteiger partial charge in [0.2, 0.25) is 0 Å². The number of carbonyl (C=O) groups excluding carboxylic acids is 1. The Morgan fingerprint density at radius 1 is 1.07 bits per heavy atom. The molecule has 0 unspecified atom stereocenters. The van der Waals surface area contributed by atoms with Gasteiger partial charge >= 0.3 is 0 Å². The fourth-order valence-corrected chi connectivity index (χ4v) is 3.46. The second-order valence-corrected chi connectivity index (χ2v) is 6.68. The average Bonchev–Trinajstić information content (AvgIpc) is 3.24. The molecule has 4 rings (SSSR count). The summed E-state index contributed by atoms with van der Waals surface area (Å²) in [5.74, 6) is -2.77. The average molecular weight is 387 g/mol. The molecule has 2 aromatic heterocycles. The van der Waals surface area contributed by atoms with Crippen LogP contribution < -0.4 is 5.32 Å². The highest BCUT2D eigenvalue weighted by Gasteiger charge is 2.21. The number of amides is 1. The molecule has 27 heavy (non-hydrogen) atoms. The van der Waals surface area contributed by atoms with E-state index in [2.05, 4.69) is 10.3 Å². The Morgan fingerprint density at radius 2 is 1.85 bits per heavy atom. The lowest BCUT2D eigenvalue weighted by Gasteiger charge is -2.07. The lowest BCUT2D eigenvalue weighted by molar-refractivity contribution is 0.0947. The van der Waals surface area contributed by atoms with Crippen LogP contribution in [0.5, 0.6) is 0 Å². The SMILES string of the molecule is O=C(NCc1ccc(F)c(F)c1)c1nc2sccn2c1-c1ccc(F)cc1. The number of aromatic nitrogens is 2. The number of nitrogens with one attached hydrogen (secondary N) is 1. The lowest BCUT2D eigenvalue weighted by atomic mass is 10.1. The van der Waals surface area contributed by atoms with E-state index in [9.17, 15) is 18.0 Å². The number of imidazole rings is 1. The van der Waals surface area contributed by atoms with Crippen LogP contribution in [0.2, 0.25) is 0 Å². The molecular formula is C19H12F3N3OS. The summed E-state index contributed by atoms with van der Waals surface area (Å²) < 4.78 is 41.3. The molecule has 1 amide bonds. The minimum absolute atomic E-state index is 0.0179. The fourth-order valence-electron chi connectivity index (χ4n) is 2.74. The van der Waals surface area contributed by atoms with Gasteiger partial charge in [-0.25, -0.2) is 18.2 Å². The first-order valence-corrected chi connectivity index (χ1v) is 8.84. The number of benzene rings is 2. The summed E-state index contributed by atoms with van der Waals surface area (Å²) >= 11 is 1.36. The van der Waals surface area contributed by atoms with Gasteiger partial charge in [-0.15, -0.1) is 11.3 Å². The molecule has 0 atom stereocenters. The summed E-state index contributed by atoms with van der Waals surface area (Å²) in [4.78, 5) is 17.6. The van der Waals surface area contributed by atoms with Crippen LogP contribution >= 0.6 is 11.3 Å². The Kier molecular flexibility index (Phi) is 4.41. The summed E-state index contributed by atoms with van der Waals surface area (Å²) in [5, 5.41) is 4.49. The van der Waals surface area contributed by atoms with Gasteiger partial charge in [-0.2, -0.15) is 0 Å². The van der Waals surface area contributed by atoms with E-state index in [4.69, 9.17) is 0 Å². The van der Waals surface area contributed by atoms with Crippen molar-refractivity contribution in [1.82, 2.24) is 14.7 Å². The first-order chi connectivity index (χ1) is 13.0. The molecule has 8 heteroatoms. The summed E-state index contributed by atoms with van der Waals surface area (Å²) in [7, 11) is 0. The standard InChI is InChI=1S/C19H12F3N3OS/c20-13-4-2-12(3-5-13)17-16(24-19-25(17)7-8-27-19)18(26)23-10-11-1-6-14(21)15(22)9-11/h1-9H,10H2,(H,23,26). The van der Waals surface area contributed by atoms with Gasteiger partial charge in [0.05, 0.1) is 5.69 Å². The number of rotatable bonds is 4. The minimum atomic E-state index is -0.976. The van der Waals surface area contributed by atoms with Crippen LogP contribution in [-0.4, -0.2) is 15.3 Å². The molecule has 0 saturated heterocycles. The third-order valence-corrected chi connectivity index (χ3v) is 4.79. The van der Waals surface area contributed by atoms with Gasteiger partial charge in [0.15, 0.2) is 22.3 Å². The molecule has 0 spiro atoms. The molecule has 0 bridgehead atoms. The number of hydrogen-bond acceptors (Lipinski definition) is 3. The van der Waals surface area contributed by atoms with Gasteiger partial charge in [-0.3, -0.25) is 9.20 Å². The highest BCUT2D eigenvalue weighted by Crippen LogP contribution is 2.27. The number of thiazole rings is 1. The van der Waals surface area contributed by atoms with Crippen molar-refractivity contribution in [3.05, 3.63) is 82.8 Å². The first kappa shape index (κ1) is 17.3. The maximum atomic E-state index is 13.3. The largest absolute Gasteiger partial charge is 0.347 e. The van der Waals surface area contributed by atoms with Crippen LogP contribution in [0.15, 0.2) is 54.0 Å². The fraction of sp³-hybridized carbons (Fsp3) is 0.0526. The summed E-state index contributed by atoms with van der Waals surface area (Å²) in [6.45, 7) is 0.0179. The van der Waals surface area contributed by atoms with Gasteiger partial charge in [-0.1, -0.05) is 6.07 Å². The van der Waals surface area contributed by atoms with Gasteiger partial charge in [0, 0.05) is 23.7 Å². The summed E-state index contributed by atoms with van der Waals surface area (Å²) in [6, 6.07) is 9.19. The van der Waals surface area contributed by atoms with Crippen molar-refractivity contribution in [2.45, 2.75) is 6.54 Å². The molecule has 2 heterocycles. The Labute approximate surface area is 155 Å². The van der Waals surface area contributed by atoms with Crippen molar-refractivity contribution in [2.75, 3.05) is 0 Å². The van der Waals surface area contributed by atoms with Crippen LogP contribution in [0.4, 0.5) is 13.2 Å². The van der Waals surface area contributed by atoms with E-state index in [1.54, 1.807) is 22.7 Å². The maximum absolute atomic E-state index is 13.3. The molecular weight excluding hydrogens is 375 g/mol. The Hall–Kier alpha value is -3.13. The van der Waals surface area contributed by atoms with Crippen molar-refractivity contribution in [3.8, 4) is 11.3 Å². The smallest absolute Gasteiger partial charge is 0.272 e. The topological polar surface area (TPSA) is 46.4 Å². The number of fused-ring (bicyclic) bond motifs is 1. The number of carbonyl (C=O) groups is 1. The third-order valence-electron chi connectivity index (χ3n) is 4.03. The van der Waals surface area contributed by atoms with Crippen molar-refractivity contribution in [2.24, 2.45) is 0 Å². The predicted octanol–water partition coefficient (Wildman–Crippen LogP) is 4.41. The van der Waals surface area contributed by atoms with Crippen LogP contribution in [-0.2, 0) is 6.54 Å². The monoisotopic (exact) mass is 387 g/mol. The van der Waals surface area contributed by atoms with Crippen LogP contribution in [0, 0.1) is 17.5 Å². The van der Waals surface area contributed by atoms with Crippen LogP contribution in [0.25, 0.3) is 16.2 Å². The zero-order chi connectivity index (χ0) is 19.0. The zero-order valence-corrected chi connectivity index (χ0v) is 14.6. The van der Waals surface area contributed by atoms with Gasteiger partial charge in [0.1, 0.15) is 5.82 Å². The second-order valence-electron chi connectivity index (χ2n) is 5.80. The zero-order valence-electron chi connectivity index (χ0n) is 13.7. The second kappa shape index (κ2) is 6.88. The van der Waals surface area contributed by atoms with Crippen LogP contribution in [0.1, 0.15) is 16.1 Å². The first-order valence-electron chi connectivity index (χ1n) is 7.96. The highest BCUT2D eigenvalue weighted by molar-refractivity contribution is 7.15. The molecule has 0 saturated carbocycles. The quantitative estimate of drug-likeness (QED) is 0.564. The predicted molar refractivity (Wildman–Crippen MR) is 96.0 cm³/mol. The molecule has 0 aliphatic rings. The number of hydrogen-bond donors (Lipinski definition) is 1. The van der Waals surface area contributed by atoms with Gasteiger partial charge in [0.25, 0.3) is 5.91 Å². The van der Waals surface area contributed by atoms with E-state index in [0.29, 0.717) is 21.8 Å². The van der Waals surface area contributed by atoms with Crippen molar-refractivity contribution < 1.29 is 18.0 Å². The number of halogens is 3. The molecule has 0 aliphatic carbocycles. The molecule has 0 aliphatic heterocycles. The van der Waals surface area contributed by atoms with Crippen molar-refractivity contribution in [1.29, 1.82) is 0 Å². The summed E-state index contributed by atoms with van der Waals surface area (Å²) in [5.41, 5.74) is 1.77. The lowest BCUT2D eigenvalue weighted by Crippen LogP contribution is -2.24. The highest BCUT2D eigenvalue weighted by atomic mass is 32.1. The van der Waals surface area contributed by atoms with E-state index in [1.807, 2.05) is 5.38 Å². The molecule has 136 valence electrons. The van der Waals surface area contributed by atoms with E-state index < -0.39 is 17.5 Å². The number of nitrogens with zero attached hydrogens (tertiary/aromatic N) is 2. The molecule has 0 fully saturated rings. The Bertz CT molecular complexity index is 1140. The molecule has 2 aromatic carbocycles. The normalized spacial score (nSPS) is 11.1. The van der Waals surface area contributed by atoms with Gasteiger partial charge in [-0.05, 0) is 42.0 Å². The van der Waals surface area contributed by atoms with E-state index in [0.717, 1.165) is 12.1 Å². The Morgan fingerprint density at radius 3 is 2.59 bits per heavy atom. The third kappa shape index (κ3) is 3.31. The maximum Gasteiger partial charge on any atom is 0.272 e. The Balaban J connectivity index is 1.65. The van der Waals surface area contributed by atoms with E-state index in [1.165, 1.54) is 29.5 Å².